The summed E-state index contributed by atoms with van der Waals surface area (Å²) in [5.74, 6) is 0.0988. The zero-order valence-electron chi connectivity index (χ0n) is 9.56. The van der Waals surface area contributed by atoms with Gasteiger partial charge in [0.1, 0.15) is 5.69 Å². The van der Waals surface area contributed by atoms with Gasteiger partial charge in [-0.05, 0) is 25.7 Å². The number of ketones is 1. The molecule has 1 aromatic rings. The van der Waals surface area contributed by atoms with Crippen LogP contribution in [0.5, 0.6) is 0 Å². The molecule has 1 atom stereocenters. The van der Waals surface area contributed by atoms with Gasteiger partial charge < -0.3 is 4.74 Å². The van der Waals surface area contributed by atoms with Gasteiger partial charge in [0.25, 0.3) is 0 Å². The van der Waals surface area contributed by atoms with Gasteiger partial charge in [-0.15, -0.1) is 5.10 Å². The van der Waals surface area contributed by atoms with Crippen molar-refractivity contribution in [2.75, 3.05) is 6.61 Å². The quantitative estimate of drug-likeness (QED) is 0.723. The molecule has 1 aliphatic heterocycles. The van der Waals surface area contributed by atoms with Crippen LogP contribution in [-0.4, -0.2) is 33.5 Å². The summed E-state index contributed by atoms with van der Waals surface area (Å²) in [7, 11) is 1.73. The van der Waals surface area contributed by atoms with Gasteiger partial charge in [0.2, 0.25) is 0 Å². The average Bonchev–Trinajstić information content (AvgIpc) is 2.74. The number of ether oxygens (including phenoxy) is 1. The number of carbonyl (C=O) groups is 1. The van der Waals surface area contributed by atoms with E-state index in [2.05, 4.69) is 10.3 Å². The number of nitrogens with zero attached hydrogens (tertiary/aromatic N) is 3. The summed E-state index contributed by atoms with van der Waals surface area (Å²) < 4.78 is 7.10. The normalized spacial score (nSPS) is 20.9. The molecule has 1 fully saturated rings. The second-order valence-electron chi connectivity index (χ2n) is 4.19. The fourth-order valence-corrected chi connectivity index (χ4v) is 2.00. The molecule has 1 unspecified atom stereocenters. The summed E-state index contributed by atoms with van der Waals surface area (Å²) in [6, 6.07) is 0. The smallest absolute Gasteiger partial charge is 0.182 e. The monoisotopic (exact) mass is 223 g/mol. The minimum atomic E-state index is 0.0988. The molecule has 1 aromatic heterocycles. The van der Waals surface area contributed by atoms with E-state index < -0.39 is 0 Å². The van der Waals surface area contributed by atoms with Gasteiger partial charge in [-0.25, -0.2) is 4.68 Å². The molecule has 2 rings (SSSR count). The highest BCUT2D eigenvalue weighted by Crippen LogP contribution is 2.17. The third-order valence-corrected chi connectivity index (χ3v) is 2.97. The van der Waals surface area contributed by atoms with E-state index in [4.69, 9.17) is 4.74 Å². The number of rotatable bonds is 4. The topological polar surface area (TPSA) is 57.0 Å². The summed E-state index contributed by atoms with van der Waals surface area (Å²) in [4.78, 5) is 11.8. The molecule has 16 heavy (non-hydrogen) atoms. The van der Waals surface area contributed by atoms with Crippen molar-refractivity contribution in [2.45, 2.75) is 38.2 Å². The van der Waals surface area contributed by atoms with Crippen molar-refractivity contribution in [2.24, 2.45) is 7.05 Å². The van der Waals surface area contributed by atoms with E-state index in [1.165, 1.54) is 17.3 Å². The van der Waals surface area contributed by atoms with Crippen molar-refractivity contribution < 1.29 is 9.53 Å². The Balaban J connectivity index is 1.81. The Hall–Kier alpha value is -1.23. The molecule has 5 nitrogen and oxygen atoms in total. The molecule has 0 aromatic carbocycles. The van der Waals surface area contributed by atoms with Gasteiger partial charge in [0.05, 0.1) is 12.3 Å². The molecule has 0 radical (unpaired) electrons. The van der Waals surface area contributed by atoms with Crippen LogP contribution in [0.15, 0.2) is 6.20 Å². The highest BCUT2D eigenvalue weighted by molar-refractivity contribution is 5.94. The Morgan fingerprint density at radius 1 is 1.62 bits per heavy atom. The Bertz CT molecular complexity index is 356. The number of aromatic nitrogens is 3. The first-order valence-electron chi connectivity index (χ1n) is 5.77. The second kappa shape index (κ2) is 5.21. The Morgan fingerprint density at radius 2 is 2.50 bits per heavy atom. The van der Waals surface area contributed by atoms with E-state index in [1.807, 2.05) is 0 Å². The Morgan fingerprint density at radius 3 is 3.12 bits per heavy atom. The minimum Gasteiger partial charge on any atom is -0.378 e. The van der Waals surface area contributed by atoms with Gasteiger partial charge in [0, 0.05) is 20.1 Å². The molecule has 2 heterocycles. The molecule has 0 bridgehead atoms. The zero-order valence-corrected chi connectivity index (χ0v) is 9.56. The summed E-state index contributed by atoms with van der Waals surface area (Å²) in [6.07, 6.45) is 6.55. The summed E-state index contributed by atoms with van der Waals surface area (Å²) in [5.41, 5.74) is 0.579. The maximum Gasteiger partial charge on any atom is 0.182 e. The van der Waals surface area contributed by atoms with Crippen LogP contribution in [0.25, 0.3) is 0 Å². The minimum absolute atomic E-state index is 0.0988. The number of Topliss-reactive ketones (excluding diaryl/α,β-unsaturated/α-hetero) is 1. The van der Waals surface area contributed by atoms with Gasteiger partial charge >= 0.3 is 0 Å². The molecular formula is C11H17N3O2. The lowest BCUT2D eigenvalue weighted by Gasteiger charge is -2.21. The van der Waals surface area contributed by atoms with E-state index >= 15 is 0 Å². The highest BCUT2D eigenvalue weighted by atomic mass is 16.5. The predicted octanol–water partition coefficient (Wildman–Crippen LogP) is 1.35. The largest absolute Gasteiger partial charge is 0.378 e. The molecule has 88 valence electrons. The van der Waals surface area contributed by atoms with E-state index in [0.29, 0.717) is 12.1 Å². The van der Waals surface area contributed by atoms with Crippen LogP contribution in [0.3, 0.4) is 0 Å². The molecule has 0 amide bonds. The molecule has 0 saturated carbocycles. The molecule has 0 aliphatic carbocycles. The summed E-state index contributed by atoms with van der Waals surface area (Å²) in [6.45, 7) is 0.839. The van der Waals surface area contributed by atoms with Crippen molar-refractivity contribution in [1.82, 2.24) is 15.0 Å². The summed E-state index contributed by atoms with van der Waals surface area (Å²) in [5, 5.41) is 7.45. The number of aryl methyl sites for hydroxylation is 1. The fourth-order valence-electron chi connectivity index (χ4n) is 2.00. The van der Waals surface area contributed by atoms with Crippen LogP contribution in [0, 0.1) is 0 Å². The maximum absolute atomic E-state index is 11.8. The van der Waals surface area contributed by atoms with Gasteiger partial charge in [-0.1, -0.05) is 5.21 Å². The molecule has 0 N–H and O–H groups in total. The lowest BCUT2D eigenvalue weighted by molar-refractivity contribution is 0.0104. The van der Waals surface area contributed by atoms with Gasteiger partial charge in [-0.3, -0.25) is 4.79 Å². The van der Waals surface area contributed by atoms with Crippen molar-refractivity contribution in [1.29, 1.82) is 0 Å². The first-order chi connectivity index (χ1) is 7.77. The van der Waals surface area contributed by atoms with Crippen LogP contribution in [0.4, 0.5) is 0 Å². The van der Waals surface area contributed by atoms with Crippen molar-refractivity contribution in [3.63, 3.8) is 0 Å². The zero-order chi connectivity index (χ0) is 11.4. The predicted molar refractivity (Wildman–Crippen MR) is 58.2 cm³/mol. The molecule has 1 saturated heterocycles. The van der Waals surface area contributed by atoms with Crippen molar-refractivity contribution in [3.05, 3.63) is 11.9 Å². The van der Waals surface area contributed by atoms with Crippen LogP contribution >= 0.6 is 0 Å². The van der Waals surface area contributed by atoms with E-state index in [-0.39, 0.29) is 11.9 Å². The second-order valence-corrected chi connectivity index (χ2v) is 4.19. The Labute approximate surface area is 94.8 Å². The first kappa shape index (κ1) is 11.3. The van der Waals surface area contributed by atoms with E-state index in [9.17, 15) is 4.79 Å². The van der Waals surface area contributed by atoms with Crippen molar-refractivity contribution >= 4 is 5.78 Å². The first-order valence-corrected chi connectivity index (χ1v) is 5.77. The standard InChI is InChI=1S/C11H17N3O2/c1-14-10(8-12-13-14)11(15)6-5-9-4-2-3-7-16-9/h8-9H,2-7H2,1H3. The molecule has 0 spiro atoms. The van der Waals surface area contributed by atoms with Crippen LogP contribution < -0.4 is 0 Å². The lowest BCUT2D eigenvalue weighted by atomic mass is 10.0. The lowest BCUT2D eigenvalue weighted by Crippen LogP contribution is -2.20. The van der Waals surface area contributed by atoms with E-state index in [1.54, 1.807) is 7.05 Å². The van der Waals surface area contributed by atoms with Crippen LogP contribution in [-0.2, 0) is 11.8 Å². The van der Waals surface area contributed by atoms with Crippen LogP contribution in [0.2, 0.25) is 0 Å². The SMILES string of the molecule is Cn1nncc1C(=O)CCC1CCCCO1. The van der Waals surface area contributed by atoms with Crippen molar-refractivity contribution in [3.8, 4) is 0 Å². The third-order valence-electron chi connectivity index (χ3n) is 2.97. The fraction of sp³-hybridized carbons (Fsp3) is 0.727. The average molecular weight is 223 g/mol. The number of hydrogen-bond acceptors (Lipinski definition) is 4. The van der Waals surface area contributed by atoms with E-state index in [0.717, 1.165) is 25.9 Å². The van der Waals surface area contributed by atoms with Crippen LogP contribution in [0.1, 0.15) is 42.6 Å². The van der Waals surface area contributed by atoms with Gasteiger partial charge in [0.15, 0.2) is 5.78 Å². The van der Waals surface area contributed by atoms with Gasteiger partial charge in [-0.2, -0.15) is 0 Å². The molecular weight excluding hydrogens is 206 g/mol. The third kappa shape index (κ3) is 2.66. The molecule has 1 aliphatic rings. The molecule has 5 heteroatoms. The highest BCUT2D eigenvalue weighted by Gasteiger charge is 2.17. The number of hydrogen-bond donors (Lipinski definition) is 0. The Kier molecular flexibility index (Phi) is 3.66. The number of carbonyl (C=O) groups excluding carboxylic acids is 1. The maximum atomic E-state index is 11.8. The summed E-state index contributed by atoms with van der Waals surface area (Å²) >= 11 is 0.